The summed E-state index contributed by atoms with van der Waals surface area (Å²) in [6.45, 7) is 2.30. The second-order valence-corrected chi connectivity index (χ2v) is 11.8. The Kier molecular flexibility index (Phi) is 12.8. The largest absolute Gasteiger partial charge is 0.142 e. The first-order valence-electron chi connectivity index (χ1n) is 13.8. The van der Waals surface area contributed by atoms with Crippen LogP contribution in [0, 0.1) is 0 Å². The highest BCUT2D eigenvalue weighted by Crippen LogP contribution is 2.36. The smallest absolute Gasteiger partial charge is 0.0523 e. The third kappa shape index (κ3) is 9.18. The van der Waals surface area contributed by atoms with Gasteiger partial charge in [-0.2, -0.15) is 0 Å². The molecule has 0 aliphatic rings. The maximum atomic E-state index is 2.44. The van der Waals surface area contributed by atoms with E-state index in [9.17, 15) is 0 Å². The summed E-state index contributed by atoms with van der Waals surface area (Å²) >= 11 is 3.92. The zero-order valence-electron chi connectivity index (χ0n) is 20.6. The van der Waals surface area contributed by atoms with E-state index < -0.39 is 0 Å². The van der Waals surface area contributed by atoms with Crippen LogP contribution in [0.5, 0.6) is 0 Å². The van der Waals surface area contributed by atoms with E-state index in [4.69, 9.17) is 0 Å². The maximum Gasteiger partial charge on any atom is 0.0523 e. The summed E-state index contributed by atoms with van der Waals surface area (Å²) in [5.74, 6) is 0. The third-order valence-electron chi connectivity index (χ3n) is 6.93. The highest BCUT2D eigenvalue weighted by atomic mass is 32.1. The molecule has 0 aliphatic heterocycles. The van der Waals surface area contributed by atoms with Crippen molar-refractivity contribution in [3.05, 3.63) is 34.5 Å². The first kappa shape index (κ1) is 25.8. The summed E-state index contributed by atoms with van der Waals surface area (Å²) in [6, 6.07) is 9.27. The number of thiophene rings is 2. The van der Waals surface area contributed by atoms with Crippen molar-refractivity contribution in [2.24, 2.45) is 0 Å². The molecular formula is C30H46S2. The maximum absolute atomic E-state index is 2.44. The summed E-state index contributed by atoms with van der Waals surface area (Å²) in [5, 5.41) is 5.08. The summed E-state index contributed by atoms with van der Waals surface area (Å²) in [4.78, 5) is 1.58. The minimum Gasteiger partial charge on any atom is -0.142 e. The van der Waals surface area contributed by atoms with Gasteiger partial charge in [0.2, 0.25) is 0 Å². The SMILES string of the molecule is CCCCCCCCCCCCCCCCCCCCc1cc2ccc3ccsc3c2s1. The number of hydrogen-bond acceptors (Lipinski definition) is 2. The number of unbranched alkanes of at least 4 members (excludes halogenated alkanes) is 17. The molecule has 3 rings (SSSR count). The van der Waals surface area contributed by atoms with Crippen LogP contribution in [0.1, 0.15) is 127 Å². The van der Waals surface area contributed by atoms with Crippen LogP contribution in [0.4, 0.5) is 0 Å². The number of hydrogen-bond donors (Lipinski definition) is 0. The van der Waals surface area contributed by atoms with Crippen LogP contribution in [0.25, 0.3) is 20.2 Å². The van der Waals surface area contributed by atoms with Crippen molar-refractivity contribution in [1.82, 2.24) is 0 Å². The van der Waals surface area contributed by atoms with Gasteiger partial charge in [-0.3, -0.25) is 0 Å². The second-order valence-electron chi connectivity index (χ2n) is 9.80. The molecule has 2 heteroatoms. The van der Waals surface area contributed by atoms with Gasteiger partial charge in [0.15, 0.2) is 0 Å². The fraction of sp³-hybridized carbons (Fsp3) is 0.667. The monoisotopic (exact) mass is 470 g/mol. The number of benzene rings is 1. The van der Waals surface area contributed by atoms with Gasteiger partial charge in [0.05, 0.1) is 9.40 Å². The quantitative estimate of drug-likeness (QED) is 0.153. The van der Waals surface area contributed by atoms with Gasteiger partial charge < -0.3 is 0 Å². The van der Waals surface area contributed by atoms with E-state index in [0.717, 1.165) is 0 Å². The van der Waals surface area contributed by atoms with E-state index in [-0.39, 0.29) is 0 Å². The molecule has 0 nitrogen and oxygen atoms in total. The van der Waals surface area contributed by atoms with Crippen molar-refractivity contribution in [2.45, 2.75) is 129 Å². The van der Waals surface area contributed by atoms with Gasteiger partial charge in [0.25, 0.3) is 0 Å². The van der Waals surface area contributed by atoms with E-state index >= 15 is 0 Å². The van der Waals surface area contributed by atoms with Crippen LogP contribution in [0.2, 0.25) is 0 Å². The average molecular weight is 471 g/mol. The van der Waals surface area contributed by atoms with E-state index in [1.165, 1.54) is 142 Å². The Morgan fingerprint density at radius 2 is 1.03 bits per heavy atom. The Balaban J connectivity index is 1.10. The van der Waals surface area contributed by atoms with E-state index in [1.54, 1.807) is 4.88 Å². The second kappa shape index (κ2) is 15.9. The molecule has 2 heterocycles. The molecule has 0 saturated heterocycles. The number of rotatable bonds is 19. The fourth-order valence-electron chi connectivity index (χ4n) is 4.90. The molecule has 0 amide bonds. The summed E-state index contributed by atoms with van der Waals surface area (Å²) in [7, 11) is 0. The topological polar surface area (TPSA) is 0 Å². The zero-order chi connectivity index (χ0) is 22.3. The summed E-state index contributed by atoms with van der Waals surface area (Å²) < 4.78 is 2.99. The molecule has 0 fully saturated rings. The molecule has 0 spiro atoms. The van der Waals surface area contributed by atoms with Crippen molar-refractivity contribution >= 4 is 42.8 Å². The van der Waals surface area contributed by atoms with Gasteiger partial charge >= 0.3 is 0 Å². The van der Waals surface area contributed by atoms with Crippen LogP contribution in [0.15, 0.2) is 29.6 Å². The third-order valence-corrected chi connectivity index (χ3v) is 9.24. The lowest BCUT2D eigenvalue weighted by Crippen LogP contribution is -1.85. The fourth-order valence-corrected chi connectivity index (χ4v) is 7.17. The average Bonchev–Trinajstić information content (AvgIpc) is 3.44. The molecule has 0 saturated carbocycles. The minimum absolute atomic E-state index is 1.27. The van der Waals surface area contributed by atoms with Crippen LogP contribution in [-0.4, -0.2) is 0 Å². The minimum atomic E-state index is 1.27. The molecule has 2 aromatic heterocycles. The molecule has 0 unspecified atom stereocenters. The lowest BCUT2D eigenvalue weighted by molar-refractivity contribution is 0.525. The Hall–Kier alpha value is -0.860. The molecule has 0 radical (unpaired) electrons. The lowest BCUT2D eigenvalue weighted by atomic mass is 10.0. The van der Waals surface area contributed by atoms with E-state index in [1.807, 2.05) is 22.7 Å². The van der Waals surface area contributed by atoms with Crippen molar-refractivity contribution in [1.29, 1.82) is 0 Å². The summed E-state index contributed by atoms with van der Waals surface area (Å²) in [6.07, 6.45) is 27.4. The molecule has 0 atom stereocenters. The Morgan fingerprint density at radius 3 is 1.59 bits per heavy atom. The Bertz CT molecular complexity index is 856. The van der Waals surface area contributed by atoms with Crippen molar-refractivity contribution < 1.29 is 0 Å². The highest BCUT2D eigenvalue weighted by Gasteiger charge is 2.06. The molecule has 32 heavy (non-hydrogen) atoms. The normalized spacial score (nSPS) is 11.8. The molecule has 178 valence electrons. The molecule has 0 aliphatic carbocycles. The number of aryl methyl sites for hydroxylation is 1. The van der Waals surface area contributed by atoms with Crippen LogP contribution in [0.3, 0.4) is 0 Å². The van der Waals surface area contributed by atoms with Crippen molar-refractivity contribution in [3.8, 4) is 0 Å². The van der Waals surface area contributed by atoms with Crippen LogP contribution < -0.4 is 0 Å². The van der Waals surface area contributed by atoms with Gasteiger partial charge in [-0.25, -0.2) is 0 Å². The molecule has 1 aromatic carbocycles. The van der Waals surface area contributed by atoms with Crippen LogP contribution >= 0.6 is 22.7 Å². The van der Waals surface area contributed by atoms with Gasteiger partial charge in [-0.15, -0.1) is 22.7 Å². The van der Waals surface area contributed by atoms with Crippen molar-refractivity contribution in [2.75, 3.05) is 0 Å². The first-order chi connectivity index (χ1) is 15.9. The van der Waals surface area contributed by atoms with E-state index in [0.29, 0.717) is 0 Å². The zero-order valence-corrected chi connectivity index (χ0v) is 22.3. The van der Waals surface area contributed by atoms with Crippen LogP contribution in [-0.2, 0) is 6.42 Å². The summed E-state index contributed by atoms with van der Waals surface area (Å²) in [5.41, 5.74) is 0. The van der Waals surface area contributed by atoms with Crippen molar-refractivity contribution in [3.63, 3.8) is 0 Å². The lowest BCUT2D eigenvalue weighted by Gasteiger charge is -2.04. The van der Waals surface area contributed by atoms with Gasteiger partial charge in [-0.05, 0) is 41.1 Å². The Labute approximate surface area is 205 Å². The predicted octanol–water partition coefficient (Wildman–Crippen LogP) is 11.7. The molecule has 0 bridgehead atoms. The predicted molar refractivity (Wildman–Crippen MR) is 150 cm³/mol. The van der Waals surface area contributed by atoms with Gasteiger partial charge in [-0.1, -0.05) is 128 Å². The molecule has 3 aromatic rings. The highest BCUT2D eigenvalue weighted by molar-refractivity contribution is 7.26. The standard InChI is InChI=1S/C30H46S2/c1-2-3-4-5-6-7-8-9-10-11-12-13-14-15-16-17-18-19-20-28-25-27-22-21-26-23-24-31-29(26)30(27)32-28/h21-25H,2-20H2,1H3. The number of fused-ring (bicyclic) bond motifs is 3. The first-order valence-corrected chi connectivity index (χ1v) is 15.5. The molecule has 0 N–H and O–H groups in total. The Morgan fingerprint density at radius 1 is 0.531 bits per heavy atom. The molecular weight excluding hydrogens is 424 g/mol. The van der Waals surface area contributed by atoms with E-state index in [2.05, 4.69) is 36.6 Å². The van der Waals surface area contributed by atoms with Gasteiger partial charge in [0, 0.05) is 4.88 Å². The van der Waals surface area contributed by atoms with Gasteiger partial charge in [0.1, 0.15) is 0 Å².